The molecule has 1 aliphatic rings. The SMILES string of the molecule is CN=C(NCc1nc(C)c(C)o1)N1CC=C(c2ccccc2)CC1.I. The van der Waals surface area contributed by atoms with Gasteiger partial charge in [-0.3, -0.25) is 4.99 Å². The third kappa shape index (κ3) is 4.84. The van der Waals surface area contributed by atoms with Gasteiger partial charge in [0.05, 0.1) is 12.2 Å². The standard InChI is InChI=1S/C19H24N4O.HI/c1-14-15(2)24-18(22-14)13-21-19(20-3)23-11-9-17(10-12-23)16-7-5-4-6-8-16;/h4-9H,10-13H2,1-3H3,(H,20,21);1H. The Kier molecular flexibility index (Phi) is 7.04. The molecule has 0 saturated heterocycles. The monoisotopic (exact) mass is 452 g/mol. The van der Waals surface area contributed by atoms with E-state index in [1.807, 2.05) is 20.9 Å². The first-order chi connectivity index (χ1) is 11.7. The molecule has 0 saturated carbocycles. The van der Waals surface area contributed by atoms with Crippen molar-refractivity contribution in [3.05, 3.63) is 59.3 Å². The summed E-state index contributed by atoms with van der Waals surface area (Å²) in [6.07, 6.45) is 3.30. The van der Waals surface area contributed by atoms with Crippen LogP contribution in [-0.2, 0) is 6.54 Å². The van der Waals surface area contributed by atoms with E-state index in [1.165, 1.54) is 11.1 Å². The fourth-order valence-corrected chi connectivity index (χ4v) is 2.88. The molecule has 0 bridgehead atoms. The number of rotatable bonds is 3. The highest BCUT2D eigenvalue weighted by Gasteiger charge is 2.16. The van der Waals surface area contributed by atoms with Crippen LogP contribution < -0.4 is 5.32 Å². The van der Waals surface area contributed by atoms with Crippen molar-refractivity contribution in [2.24, 2.45) is 4.99 Å². The number of hydrogen-bond acceptors (Lipinski definition) is 3. The Labute approximate surface area is 166 Å². The van der Waals surface area contributed by atoms with Gasteiger partial charge in [-0.25, -0.2) is 4.98 Å². The smallest absolute Gasteiger partial charge is 0.214 e. The first kappa shape index (κ1) is 19.5. The van der Waals surface area contributed by atoms with Crippen molar-refractivity contribution in [2.45, 2.75) is 26.8 Å². The highest BCUT2D eigenvalue weighted by atomic mass is 127. The molecule has 0 unspecified atom stereocenters. The van der Waals surface area contributed by atoms with Gasteiger partial charge in [-0.2, -0.15) is 0 Å². The molecule has 6 heteroatoms. The van der Waals surface area contributed by atoms with Gasteiger partial charge in [0.15, 0.2) is 5.96 Å². The third-order valence-electron chi connectivity index (χ3n) is 4.34. The molecule has 2 heterocycles. The molecular formula is C19H25IN4O. The van der Waals surface area contributed by atoms with Crippen molar-refractivity contribution in [1.82, 2.24) is 15.2 Å². The van der Waals surface area contributed by atoms with E-state index in [4.69, 9.17) is 4.42 Å². The Morgan fingerprint density at radius 3 is 2.60 bits per heavy atom. The largest absolute Gasteiger partial charge is 0.444 e. The van der Waals surface area contributed by atoms with E-state index in [9.17, 15) is 0 Å². The molecule has 1 N–H and O–H groups in total. The lowest BCUT2D eigenvalue weighted by Crippen LogP contribution is -2.43. The summed E-state index contributed by atoms with van der Waals surface area (Å²) in [4.78, 5) is 11.0. The highest BCUT2D eigenvalue weighted by molar-refractivity contribution is 14.0. The van der Waals surface area contributed by atoms with E-state index >= 15 is 0 Å². The van der Waals surface area contributed by atoms with Crippen LogP contribution in [-0.4, -0.2) is 36.0 Å². The quantitative estimate of drug-likeness (QED) is 0.438. The lowest BCUT2D eigenvalue weighted by molar-refractivity contribution is 0.424. The second-order valence-electron chi connectivity index (χ2n) is 5.94. The normalized spacial score (nSPS) is 14.8. The van der Waals surface area contributed by atoms with Crippen LogP contribution >= 0.6 is 24.0 Å². The molecule has 3 rings (SSSR count). The van der Waals surface area contributed by atoms with Gasteiger partial charge in [0.1, 0.15) is 5.76 Å². The van der Waals surface area contributed by atoms with Gasteiger partial charge in [0.25, 0.3) is 0 Å². The summed E-state index contributed by atoms with van der Waals surface area (Å²) in [6.45, 7) is 6.24. The van der Waals surface area contributed by atoms with E-state index < -0.39 is 0 Å². The van der Waals surface area contributed by atoms with Crippen molar-refractivity contribution < 1.29 is 4.42 Å². The number of guanidine groups is 1. The molecule has 1 aromatic heterocycles. The van der Waals surface area contributed by atoms with E-state index in [2.05, 4.69) is 56.6 Å². The van der Waals surface area contributed by atoms with E-state index in [1.54, 1.807) is 0 Å². The van der Waals surface area contributed by atoms with Crippen molar-refractivity contribution in [3.63, 3.8) is 0 Å². The first-order valence-corrected chi connectivity index (χ1v) is 8.30. The molecule has 1 aliphatic heterocycles. The minimum absolute atomic E-state index is 0. The highest BCUT2D eigenvalue weighted by Crippen LogP contribution is 2.22. The number of nitrogens with one attached hydrogen (secondary N) is 1. The lowest BCUT2D eigenvalue weighted by atomic mass is 10.00. The minimum Gasteiger partial charge on any atom is -0.444 e. The second-order valence-corrected chi connectivity index (χ2v) is 5.94. The number of aliphatic imine (C=N–C) groups is 1. The zero-order valence-electron chi connectivity index (χ0n) is 15.0. The van der Waals surface area contributed by atoms with Crippen molar-refractivity contribution in [1.29, 1.82) is 0 Å². The molecule has 134 valence electrons. The summed E-state index contributed by atoms with van der Waals surface area (Å²) >= 11 is 0. The second kappa shape index (κ2) is 9.03. The number of nitrogens with zero attached hydrogens (tertiary/aromatic N) is 3. The Hall–Kier alpha value is -1.83. The summed E-state index contributed by atoms with van der Waals surface area (Å²) in [5.41, 5.74) is 3.65. The van der Waals surface area contributed by atoms with Gasteiger partial charge in [-0.05, 0) is 31.4 Å². The fraction of sp³-hybridized carbons (Fsp3) is 0.368. The predicted molar refractivity (Wildman–Crippen MR) is 112 cm³/mol. The molecule has 1 aromatic carbocycles. The summed E-state index contributed by atoms with van der Waals surface area (Å²) in [5.74, 6) is 2.45. The van der Waals surface area contributed by atoms with Crippen LogP contribution in [0.25, 0.3) is 5.57 Å². The van der Waals surface area contributed by atoms with E-state index in [0.717, 1.165) is 36.9 Å². The molecule has 25 heavy (non-hydrogen) atoms. The van der Waals surface area contributed by atoms with Crippen LogP contribution in [0.3, 0.4) is 0 Å². The molecule has 0 fully saturated rings. The van der Waals surface area contributed by atoms with Gasteiger partial charge < -0.3 is 14.6 Å². The first-order valence-electron chi connectivity index (χ1n) is 8.30. The topological polar surface area (TPSA) is 53.7 Å². The average molecular weight is 452 g/mol. The van der Waals surface area contributed by atoms with Crippen LogP contribution in [0.15, 0.2) is 45.8 Å². The van der Waals surface area contributed by atoms with Gasteiger partial charge >= 0.3 is 0 Å². The van der Waals surface area contributed by atoms with Crippen LogP contribution in [0.1, 0.15) is 29.3 Å². The molecule has 0 amide bonds. The van der Waals surface area contributed by atoms with Crippen molar-refractivity contribution >= 4 is 35.5 Å². The number of aromatic nitrogens is 1. The summed E-state index contributed by atoms with van der Waals surface area (Å²) in [5, 5.41) is 3.34. The molecule has 0 radical (unpaired) electrons. The molecular weight excluding hydrogens is 427 g/mol. The van der Waals surface area contributed by atoms with Crippen LogP contribution in [0, 0.1) is 13.8 Å². The van der Waals surface area contributed by atoms with Crippen molar-refractivity contribution in [3.8, 4) is 0 Å². The number of oxazole rings is 1. The van der Waals surface area contributed by atoms with E-state index in [-0.39, 0.29) is 24.0 Å². The lowest BCUT2D eigenvalue weighted by Gasteiger charge is -2.29. The molecule has 0 spiro atoms. The maximum absolute atomic E-state index is 5.61. The Morgan fingerprint density at radius 1 is 1.28 bits per heavy atom. The van der Waals surface area contributed by atoms with Gasteiger partial charge in [0, 0.05) is 20.1 Å². The predicted octanol–water partition coefficient (Wildman–Crippen LogP) is 3.77. The maximum atomic E-state index is 5.61. The Bertz CT molecular complexity index is 733. The number of benzene rings is 1. The minimum atomic E-state index is 0. The average Bonchev–Trinajstić information content (AvgIpc) is 2.95. The molecule has 2 aromatic rings. The Balaban J connectivity index is 0.00000225. The third-order valence-corrected chi connectivity index (χ3v) is 4.34. The zero-order valence-corrected chi connectivity index (χ0v) is 17.3. The maximum Gasteiger partial charge on any atom is 0.214 e. The van der Waals surface area contributed by atoms with E-state index in [0.29, 0.717) is 12.4 Å². The van der Waals surface area contributed by atoms with Gasteiger partial charge in [-0.15, -0.1) is 24.0 Å². The number of hydrogen-bond donors (Lipinski definition) is 1. The molecule has 5 nitrogen and oxygen atoms in total. The zero-order chi connectivity index (χ0) is 16.9. The summed E-state index contributed by atoms with van der Waals surface area (Å²) in [6, 6.07) is 10.6. The Morgan fingerprint density at radius 2 is 2.04 bits per heavy atom. The van der Waals surface area contributed by atoms with Gasteiger partial charge in [0.2, 0.25) is 5.89 Å². The van der Waals surface area contributed by atoms with Crippen LogP contribution in [0.4, 0.5) is 0 Å². The molecule has 0 atom stereocenters. The summed E-state index contributed by atoms with van der Waals surface area (Å²) in [7, 11) is 1.81. The van der Waals surface area contributed by atoms with Crippen LogP contribution in [0.5, 0.6) is 0 Å². The summed E-state index contributed by atoms with van der Waals surface area (Å²) < 4.78 is 5.61. The molecule has 0 aliphatic carbocycles. The van der Waals surface area contributed by atoms with Crippen LogP contribution in [0.2, 0.25) is 0 Å². The van der Waals surface area contributed by atoms with Crippen molar-refractivity contribution in [2.75, 3.05) is 20.1 Å². The fourth-order valence-electron chi connectivity index (χ4n) is 2.88. The number of aryl methyl sites for hydroxylation is 2. The van der Waals surface area contributed by atoms with Gasteiger partial charge in [-0.1, -0.05) is 36.4 Å². The number of halogens is 1.